The van der Waals surface area contributed by atoms with Gasteiger partial charge in [-0.1, -0.05) is 37.3 Å². The van der Waals surface area contributed by atoms with Crippen LogP contribution in [0.1, 0.15) is 47.6 Å². The largest absolute Gasteiger partial charge is 0.504 e. The summed E-state index contributed by atoms with van der Waals surface area (Å²) in [5.74, 6) is 0.0148. The molecule has 1 aliphatic heterocycles. The lowest BCUT2D eigenvalue weighted by atomic mass is 10.1. The zero-order valence-corrected chi connectivity index (χ0v) is 17.4. The van der Waals surface area contributed by atoms with Crippen LogP contribution in [0.25, 0.3) is 6.08 Å². The fourth-order valence-corrected chi connectivity index (χ4v) is 4.41. The van der Waals surface area contributed by atoms with Gasteiger partial charge in [0.05, 0.1) is 22.6 Å². The maximum atomic E-state index is 12.3. The number of rotatable bonds is 5. The molecular weight excluding hydrogens is 398 g/mol. The number of aromatic nitrogens is 1. The third kappa shape index (κ3) is 4.10. The fourth-order valence-electron chi connectivity index (χ4n) is 2.54. The molecule has 0 spiro atoms. The molecule has 3 rings (SSSR count). The molecule has 0 aliphatic carbocycles. The van der Waals surface area contributed by atoms with E-state index in [1.165, 1.54) is 25.4 Å². The molecule has 9 heteroatoms. The molecule has 146 valence electrons. The molecule has 7 nitrogen and oxygen atoms in total. The van der Waals surface area contributed by atoms with E-state index in [0.717, 1.165) is 11.8 Å². The number of ether oxygens (including phenoxy) is 1. The Morgan fingerprint density at radius 3 is 2.75 bits per heavy atom. The number of thiazole rings is 1. The lowest BCUT2D eigenvalue weighted by Crippen LogP contribution is -2.19. The Balaban J connectivity index is 1.89. The minimum Gasteiger partial charge on any atom is -0.504 e. The highest BCUT2D eigenvalue weighted by Crippen LogP contribution is 2.36. The van der Waals surface area contributed by atoms with Crippen molar-refractivity contribution in [1.82, 2.24) is 10.3 Å². The number of phenols is 1. The Labute approximate surface area is 170 Å². The number of methoxy groups -OCH3 is 1. The number of aliphatic imine (C=N–C) groups is 1. The van der Waals surface area contributed by atoms with E-state index in [1.807, 2.05) is 13.8 Å². The van der Waals surface area contributed by atoms with Gasteiger partial charge < -0.3 is 15.2 Å². The summed E-state index contributed by atoms with van der Waals surface area (Å²) in [6, 6.07) is 5.04. The van der Waals surface area contributed by atoms with Gasteiger partial charge in [0.1, 0.15) is 0 Å². The number of aromatic hydroxyl groups is 1. The van der Waals surface area contributed by atoms with Crippen molar-refractivity contribution in [2.45, 2.75) is 26.7 Å². The van der Waals surface area contributed by atoms with Crippen molar-refractivity contribution >= 4 is 51.2 Å². The number of Topliss-reactive ketones (excluding diaryl/α,β-unsaturated/α-hetero) is 1. The number of nitrogens with zero attached hydrogens (tertiary/aromatic N) is 2. The quantitative estimate of drug-likeness (QED) is 0.562. The summed E-state index contributed by atoms with van der Waals surface area (Å²) in [7, 11) is 1.46. The van der Waals surface area contributed by atoms with E-state index >= 15 is 0 Å². The third-order valence-electron chi connectivity index (χ3n) is 3.89. The highest BCUT2D eigenvalue weighted by Gasteiger charge is 2.26. The second kappa shape index (κ2) is 8.15. The molecule has 2 heterocycles. The Hall–Kier alpha value is -2.65. The second-order valence-corrected chi connectivity index (χ2v) is 8.31. The Bertz CT molecular complexity index is 1010. The van der Waals surface area contributed by atoms with Gasteiger partial charge >= 0.3 is 0 Å². The van der Waals surface area contributed by atoms with Crippen molar-refractivity contribution in [3.63, 3.8) is 0 Å². The van der Waals surface area contributed by atoms with E-state index < -0.39 is 0 Å². The number of benzene rings is 1. The van der Waals surface area contributed by atoms with Crippen molar-refractivity contribution in [3.05, 3.63) is 39.2 Å². The molecule has 1 aromatic carbocycles. The van der Waals surface area contributed by atoms with Gasteiger partial charge in [-0.3, -0.25) is 9.59 Å². The molecule has 1 amide bonds. The Morgan fingerprint density at radius 2 is 2.14 bits per heavy atom. The van der Waals surface area contributed by atoms with Gasteiger partial charge in [-0.2, -0.15) is 4.99 Å². The smallest absolute Gasteiger partial charge is 0.264 e. The maximum absolute atomic E-state index is 12.3. The van der Waals surface area contributed by atoms with Gasteiger partial charge in [-0.15, -0.1) is 0 Å². The first-order valence-electron chi connectivity index (χ1n) is 8.47. The molecule has 0 bridgehead atoms. The molecule has 2 aromatic rings. The first-order valence-corrected chi connectivity index (χ1v) is 10.1. The number of phenolic OH excluding ortho intramolecular Hbond substituents is 1. The van der Waals surface area contributed by atoms with E-state index in [4.69, 9.17) is 4.74 Å². The van der Waals surface area contributed by atoms with Crippen LogP contribution in [0, 0.1) is 0 Å². The zero-order chi connectivity index (χ0) is 20.4. The van der Waals surface area contributed by atoms with Crippen LogP contribution in [-0.4, -0.2) is 34.1 Å². The topological polar surface area (TPSA) is 101 Å². The van der Waals surface area contributed by atoms with Crippen LogP contribution < -0.4 is 10.1 Å². The minimum absolute atomic E-state index is 0.0381. The van der Waals surface area contributed by atoms with Crippen LogP contribution >= 0.6 is 23.1 Å². The van der Waals surface area contributed by atoms with E-state index in [0.29, 0.717) is 37.1 Å². The summed E-state index contributed by atoms with van der Waals surface area (Å²) < 4.78 is 5.08. The summed E-state index contributed by atoms with van der Waals surface area (Å²) in [5.41, 5.74) is 1.18. The van der Waals surface area contributed by atoms with Gasteiger partial charge in [0.15, 0.2) is 22.4 Å². The summed E-state index contributed by atoms with van der Waals surface area (Å²) in [5, 5.41) is 13.7. The van der Waals surface area contributed by atoms with Crippen LogP contribution in [0.4, 0.5) is 5.13 Å². The van der Waals surface area contributed by atoms with Crippen LogP contribution in [0.5, 0.6) is 11.5 Å². The number of hydrogen-bond donors (Lipinski definition) is 2. The number of thioether (sulfide) groups is 1. The number of ketones is 1. The predicted molar refractivity (Wildman–Crippen MR) is 112 cm³/mol. The zero-order valence-electron chi connectivity index (χ0n) is 15.8. The number of nitrogens with one attached hydrogen (secondary N) is 1. The first-order chi connectivity index (χ1) is 13.3. The molecule has 0 saturated carbocycles. The van der Waals surface area contributed by atoms with Gasteiger partial charge in [0, 0.05) is 12.5 Å². The van der Waals surface area contributed by atoms with Gasteiger partial charge in [-0.25, -0.2) is 4.98 Å². The number of carbonyl (C=O) groups excluding carboxylic acids is 2. The first kappa shape index (κ1) is 20.1. The van der Waals surface area contributed by atoms with Crippen LogP contribution in [-0.2, 0) is 4.79 Å². The average molecular weight is 418 g/mol. The lowest BCUT2D eigenvalue weighted by Gasteiger charge is -2.05. The van der Waals surface area contributed by atoms with Gasteiger partial charge in [0.25, 0.3) is 5.91 Å². The third-order valence-corrected chi connectivity index (χ3v) is 5.87. The van der Waals surface area contributed by atoms with E-state index in [2.05, 4.69) is 15.3 Å². The number of carbonyl (C=O) groups is 2. The molecule has 1 saturated heterocycles. The molecule has 2 N–H and O–H groups in total. The van der Waals surface area contributed by atoms with Crippen LogP contribution in [0.15, 0.2) is 28.1 Å². The molecule has 1 aromatic heterocycles. The van der Waals surface area contributed by atoms with Gasteiger partial charge in [0.2, 0.25) is 5.13 Å². The van der Waals surface area contributed by atoms with Gasteiger partial charge in [-0.05, 0) is 29.8 Å². The molecular formula is C19H19N3O4S2. The SMILES string of the molecule is COc1cccc(/C=C2\SC(=Nc3nc(C(C)C)c(C(C)=O)s3)NC2=O)c1O. The van der Waals surface area contributed by atoms with Crippen LogP contribution in [0.2, 0.25) is 0 Å². The van der Waals surface area contributed by atoms with Crippen molar-refractivity contribution in [2.75, 3.05) is 7.11 Å². The second-order valence-electron chi connectivity index (χ2n) is 6.30. The summed E-state index contributed by atoms with van der Waals surface area (Å²) in [4.78, 5) is 33.9. The summed E-state index contributed by atoms with van der Waals surface area (Å²) >= 11 is 2.35. The normalized spacial score (nSPS) is 16.8. The van der Waals surface area contributed by atoms with E-state index in [-0.39, 0.29) is 23.4 Å². The van der Waals surface area contributed by atoms with E-state index in [9.17, 15) is 14.7 Å². The average Bonchev–Trinajstić information content (AvgIpc) is 3.21. The number of amides is 1. The highest BCUT2D eigenvalue weighted by molar-refractivity contribution is 8.18. The predicted octanol–water partition coefficient (Wildman–Crippen LogP) is 4.07. The maximum Gasteiger partial charge on any atom is 0.264 e. The number of amidine groups is 1. The molecule has 1 fully saturated rings. The van der Waals surface area contributed by atoms with Crippen molar-refractivity contribution in [3.8, 4) is 11.5 Å². The molecule has 0 atom stereocenters. The monoisotopic (exact) mass is 417 g/mol. The van der Waals surface area contributed by atoms with Crippen LogP contribution in [0.3, 0.4) is 0 Å². The van der Waals surface area contributed by atoms with Crippen molar-refractivity contribution in [1.29, 1.82) is 0 Å². The molecule has 28 heavy (non-hydrogen) atoms. The van der Waals surface area contributed by atoms with Crippen molar-refractivity contribution < 1.29 is 19.4 Å². The highest BCUT2D eigenvalue weighted by atomic mass is 32.2. The minimum atomic E-state index is -0.321. The summed E-state index contributed by atoms with van der Waals surface area (Å²) in [6.07, 6.45) is 1.57. The van der Waals surface area contributed by atoms with Crippen molar-refractivity contribution in [2.24, 2.45) is 4.99 Å². The number of para-hydroxylation sites is 1. The Kier molecular flexibility index (Phi) is 5.85. The Morgan fingerprint density at radius 1 is 1.39 bits per heavy atom. The summed E-state index contributed by atoms with van der Waals surface area (Å²) in [6.45, 7) is 5.43. The van der Waals surface area contributed by atoms with E-state index in [1.54, 1.807) is 24.3 Å². The lowest BCUT2D eigenvalue weighted by molar-refractivity contribution is -0.115. The molecule has 1 aliphatic rings. The fraction of sp³-hybridized carbons (Fsp3) is 0.263. The standard InChI is InChI=1S/C19H19N3O4S2/c1-9(2)14-16(10(3)23)28-18(20-14)22-19-21-17(25)13(27-19)8-11-6-5-7-12(26-4)15(11)24/h5-9,24H,1-4H3,(H,20,21,22,25)/b13-8-. The number of hydrogen-bond acceptors (Lipinski definition) is 8. The molecule has 0 unspecified atom stereocenters. The molecule has 0 radical (unpaired) electrons.